The van der Waals surface area contributed by atoms with Gasteiger partial charge in [0.2, 0.25) is 0 Å². The van der Waals surface area contributed by atoms with Crippen molar-refractivity contribution in [3.8, 4) is 5.75 Å². The molecule has 0 aliphatic rings. The molecule has 0 unspecified atom stereocenters. The molecule has 0 aromatic heterocycles. The Morgan fingerprint density at radius 1 is 1.44 bits per heavy atom. The predicted octanol–water partition coefficient (Wildman–Crippen LogP) is 2.29. The van der Waals surface area contributed by atoms with E-state index in [2.05, 4.69) is 12.6 Å². The van der Waals surface area contributed by atoms with Crippen molar-refractivity contribution in [1.29, 1.82) is 0 Å². The summed E-state index contributed by atoms with van der Waals surface area (Å²) < 4.78 is 0.804. The first-order valence-corrected chi connectivity index (χ1v) is 3.91. The monoisotopic (exact) mass is 252 g/mol. The fourth-order valence-electron chi connectivity index (χ4n) is 0.508. The van der Waals surface area contributed by atoms with E-state index in [9.17, 15) is 0 Å². The van der Waals surface area contributed by atoms with Crippen molar-refractivity contribution in [2.24, 2.45) is 0 Å². The molecular weight excluding hydrogens is 247 g/mol. The second kappa shape index (κ2) is 2.79. The molecule has 0 radical (unpaired) electrons. The van der Waals surface area contributed by atoms with E-state index < -0.39 is 0 Å². The highest BCUT2D eigenvalue weighted by Gasteiger charge is 1.97. The Labute approximate surface area is 72.6 Å². The highest BCUT2D eigenvalue weighted by Crippen LogP contribution is 2.24. The van der Waals surface area contributed by atoms with Gasteiger partial charge in [-0.05, 0) is 34.7 Å². The Hall–Kier alpha value is 0.1000. The minimum Gasteiger partial charge on any atom is -0.507 e. The predicted molar refractivity (Wildman–Crippen MR) is 48.1 cm³/mol. The molecule has 3 heteroatoms. The van der Waals surface area contributed by atoms with Gasteiger partial charge in [-0.15, -0.1) is 12.6 Å². The Kier molecular flexibility index (Phi) is 2.23. The summed E-state index contributed by atoms with van der Waals surface area (Å²) in [6.07, 6.45) is 0. The molecule has 1 nitrogen and oxygen atoms in total. The van der Waals surface area contributed by atoms with Crippen LogP contribution >= 0.6 is 35.2 Å². The van der Waals surface area contributed by atoms with Crippen molar-refractivity contribution >= 4 is 35.2 Å². The maximum Gasteiger partial charge on any atom is 0.130 e. The summed E-state index contributed by atoms with van der Waals surface area (Å²) in [5.74, 6) is 0.295. The molecule has 0 spiro atoms. The smallest absolute Gasteiger partial charge is 0.130 e. The molecule has 0 saturated carbocycles. The summed E-state index contributed by atoms with van der Waals surface area (Å²) >= 11 is 6.14. The fourth-order valence-corrected chi connectivity index (χ4v) is 1.07. The molecule has 1 aromatic carbocycles. The van der Waals surface area contributed by atoms with Crippen LogP contribution in [0.25, 0.3) is 0 Å². The third-order valence-electron chi connectivity index (χ3n) is 0.958. The molecule has 1 aromatic rings. The van der Waals surface area contributed by atoms with Gasteiger partial charge >= 0.3 is 0 Å². The second-order valence-electron chi connectivity index (χ2n) is 1.61. The summed E-state index contributed by atoms with van der Waals surface area (Å²) in [5.41, 5.74) is 0. The number of benzene rings is 1. The minimum absolute atomic E-state index is 0.295. The summed E-state index contributed by atoms with van der Waals surface area (Å²) in [5, 5.41) is 9.04. The maximum atomic E-state index is 9.04. The fraction of sp³-hybridized carbons (Fsp3) is 0. The summed E-state index contributed by atoms with van der Waals surface area (Å²) in [6, 6.07) is 5.24. The first-order chi connectivity index (χ1) is 4.22. The Morgan fingerprint density at radius 3 is 2.56 bits per heavy atom. The number of phenols is 1. The third kappa shape index (κ3) is 1.52. The zero-order valence-electron chi connectivity index (χ0n) is 4.50. The molecule has 0 amide bonds. The standard InChI is InChI=1S/C6H5IOS/c7-6-4(8)2-1-3-5(6)9/h1-3,8-9H. The van der Waals surface area contributed by atoms with Crippen LogP contribution in [0.3, 0.4) is 0 Å². The molecule has 0 bridgehead atoms. The SMILES string of the molecule is Oc1cccc(S)c1I. The van der Waals surface area contributed by atoms with E-state index in [1.54, 1.807) is 12.1 Å². The van der Waals surface area contributed by atoms with Gasteiger partial charge in [0.25, 0.3) is 0 Å². The van der Waals surface area contributed by atoms with Crippen LogP contribution in [0.5, 0.6) is 5.75 Å². The Morgan fingerprint density at radius 2 is 2.11 bits per heavy atom. The number of rotatable bonds is 0. The number of phenolic OH excluding ortho intramolecular Hbond substituents is 1. The zero-order valence-corrected chi connectivity index (χ0v) is 7.56. The first kappa shape index (κ1) is 7.21. The van der Waals surface area contributed by atoms with E-state index >= 15 is 0 Å². The average Bonchev–Trinajstić information content (AvgIpc) is 1.83. The molecule has 0 heterocycles. The van der Waals surface area contributed by atoms with Crippen LogP contribution in [-0.2, 0) is 0 Å². The average molecular weight is 252 g/mol. The lowest BCUT2D eigenvalue weighted by Crippen LogP contribution is -1.73. The summed E-state index contributed by atoms with van der Waals surface area (Å²) in [4.78, 5) is 0.815. The number of hydrogen-bond acceptors (Lipinski definition) is 2. The van der Waals surface area contributed by atoms with Crippen molar-refractivity contribution in [3.05, 3.63) is 21.8 Å². The highest BCUT2D eigenvalue weighted by atomic mass is 127. The van der Waals surface area contributed by atoms with Crippen LogP contribution in [0.1, 0.15) is 0 Å². The third-order valence-corrected chi connectivity index (χ3v) is 2.89. The van der Waals surface area contributed by atoms with E-state index in [-0.39, 0.29) is 0 Å². The summed E-state index contributed by atoms with van der Waals surface area (Å²) in [6.45, 7) is 0. The van der Waals surface area contributed by atoms with E-state index in [1.165, 1.54) is 0 Å². The van der Waals surface area contributed by atoms with Crippen molar-refractivity contribution < 1.29 is 5.11 Å². The largest absolute Gasteiger partial charge is 0.507 e. The molecule has 48 valence electrons. The van der Waals surface area contributed by atoms with Gasteiger partial charge in [-0.25, -0.2) is 0 Å². The van der Waals surface area contributed by atoms with E-state index in [0.29, 0.717) is 5.75 Å². The van der Waals surface area contributed by atoms with Crippen LogP contribution in [0.4, 0.5) is 0 Å². The molecule has 0 saturated heterocycles. The molecule has 0 aliphatic heterocycles. The van der Waals surface area contributed by atoms with Gasteiger partial charge < -0.3 is 5.11 Å². The normalized spacial score (nSPS) is 9.56. The molecule has 0 fully saturated rings. The van der Waals surface area contributed by atoms with Crippen LogP contribution in [0, 0.1) is 3.57 Å². The van der Waals surface area contributed by atoms with E-state index in [4.69, 9.17) is 5.11 Å². The second-order valence-corrected chi connectivity index (χ2v) is 3.17. The number of aromatic hydroxyl groups is 1. The van der Waals surface area contributed by atoms with Gasteiger partial charge in [0.05, 0.1) is 3.57 Å². The van der Waals surface area contributed by atoms with Gasteiger partial charge in [-0.1, -0.05) is 6.07 Å². The maximum absolute atomic E-state index is 9.04. The lowest BCUT2D eigenvalue weighted by molar-refractivity contribution is 0.469. The molecule has 1 N–H and O–H groups in total. The van der Waals surface area contributed by atoms with E-state index in [1.807, 2.05) is 28.7 Å². The van der Waals surface area contributed by atoms with Gasteiger partial charge in [-0.2, -0.15) is 0 Å². The van der Waals surface area contributed by atoms with Crippen molar-refractivity contribution in [1.82, 2.24) is 0 Å². The van der Waals surface area contributed by atoms with Crippen LogP contribution in [0.15, 0.2) is 23.1 Å². The van der Waals surface area contributed by atoms with E-state index in [0.717, 1.165) is 8.47 Å². The van der Waals surface area contributed by atoms with Crippen molar-refractivity contribution in [2.75, 3.05) is 0 Å². The van der Waals surface area contributed by atoms with Crippen LogP contribution in [0.2, 0.25) is 0 Å². The van der Waals surface area contributed by atoms with Crippen LogP contribution in [-0.4, -0.2) is 5.11 Å². The zero-order chi connectivity index (χ0) is 6.85. The van der Waals surface area contributed by atoms with Gasteiger partial charge in [-0.3, -0.25) is 0 Å². The Bertz CT molecular complexity index is 204. The summed E-state index contributed by atoms with van der Waals surface area (Å²) in [7, 11) is 0. The van der Waals surface area contributed by atoms with Gasteiger partial charge in [0.1, 0.15) is 5.75 Å². The number of hydrogen-bond donors (Lipinski definition) is 2. The number of halogens is 1. The Balaban J connectivity index is 3.25. The topological polar surface area (TPSA) is 20.2 Å². The quantitative estimate of drug-likeness (QED) is 0.536. The first-order valence-electron chi connectivity index (χ1n) is 2.38. The molecule has 9 heavy (non-hydrogen) atoms. The highest BCUT2D eigenvalue weighted by molar-refractivity contribution is 14.1. The number of thiol groups is 1. The lowest BCUT2D eigenvalue weighted by atomic mass is 10.3. The lowest BCUT2D eigenvalue weighted by Gasteiger charge is -1.96. The molecule has 0 aliphatic carbocycles. The van der Waals surface area contributed by atoms with Gasteiger partial charge in [0, 0.05) is 4.90 Å². The molecule has 0 atom stereocenters. The van der Waals surface area contributed by atoms with Crippen molar-refractivity contribution in [2.45, 2.75) is 4.90 Å². The molecule has 1 rings (SSSR count). The van der Waals surface area contributed by atoms with Crippen LogP contribution < -0.4 is 0 Å². The molecular formula is C6H5IOS. The minimum atomic E-state index is 0.295. The van der Waals surface area contributed by atoms with Crippen molar-refractivity contribution in [3.63, 3.8) is 0 Å². The van der Waals surface area contributed by atoms with Gasteiger partial charge in [0.15, 0.2) is 0 Å².